The molecule has 0 radical (unpaired) electrons. The van der Waals surface area contributed by atoms with Gasteiger partial charge in [0.1, 0.15) is 5.01 Å². The molecule has 0 saturated heterocycles. The molecule has 0 aliphatic carbocycles. The lowest BCUT2D eigenvalue weighted by molar-refractivity contribution is -0.137. The topological polar surface area (TPSA) is 60.5 Å². The van der Waals surface area contributed by atoms with Gasteiger partial charge in [-0.3, -0.25) is 4.79 Å². The zero-order chi connectivity index (χ0) is 22.4. The number of alkyl halides is 3. The fraction of sp³-hybridized carbons (Fsp3) is 0.273. The summed E-state index contributed by atoms with van der Waals surface area (Å²) in [7, 11) is 3.12. The second-order valence-corrected chi connectivity index (χ2v) is 7.54. The minimum absolute atomic E-state index is 0.122. The Hall–Kier alpha value is -3.07. The number of methoxy groups -OCH3 is 2. The van der Waals surface area contributed by atoms with E-state index in [1.54, 1.807) is 20.3 Å². The smallest absolute Gasteiger partial charge is 0.416 e. The van der Waals surface area contributed by atoms with E-state index in [0.717, 1.165) is 28.3 Å². The van der Waals surface area contributed by atoms with Gasteiger partial charge in [0.05, 0.1) is 31.9 Å². The van der Waals surface area contributed by atoms with Crippen LogP contribution in [0.1, 0.15) is 16.8 Å². The van der Waals surface area contributed by atoms with Gasteiger partial charge < -0.3 is 14.8 Å². The van der Waals surface area contributed by atoms with Gasteiger partial charge in [0.25, 0.3) is 0 Å². The molecule has 0 aliphatic rings. The van der Waals surface area contributed by atoms with Gasteiger partial charge in [-0.15, -0.1) is 11.3 Å². The van der Waals surface area contributed by atoms with Crippen LogP contribution in [0, 0.1) is 0 Å². The molecule has 164 valence electrons. The first kappa shape index (κ1) is 22.6. The number of halogens is 3. The van der Waals surface area contributed by atoms with Crippen molar-refractivity contribution in [3.05, 3.63) is 64.7 Å². The molecule has 0 saturated carbocycles. The SMILES string of the molecule is COc1ccc(-c2nc(CC(=O)NCCc3ccc(C(F)(F)F)cc3)cs2)cc1OC. The van der Waals surface area contributed by atoms with Crippen molar-refractivity contribution in [1.29, 1.82) is 0 Å². The standard InChI is InChI=1S/C22H21F3N2O3S/c1-29-18-8-5-15(11-19(18)30-2)21-27-17(13-31-21)12-20(28)26-10-9-14-3-6-16(7-4-14)22(23,24)25/h3-8,11,13H,9-10,12H2,1-2H3,(H,26,28). The summed E-state index contributed by atoms with van der Waals surface area (Å²) in [5.41, 5.74) is 1.53. The zero-order valence-electron chi connectivity index (χ0n) is 17.0. The van der Waals surface area contributed by atoms with Gasteiger partial charge in [0.15, 0.2) is 11.5 Å². The van der Waals surface area contributed by atoms with Crippen molar-refractivity contribution in [2.45, 2.75) is 19.0 Å². The predicted molar refractivity (Wildman–Crippen MR) is 113 cm³/mol. The van der Waals surface area contributed by atoms with Gasteiger partial charge in [-0.1, -0.05) is 12.1 Å². The summed E-state index contributed by atoms with van der Waals surface area (Å²) in [6.45, 7) is 0.330. The Morgan fingerprint density at radius 1 is 1.06 bits per heavy atom. The van der Waals surface area contributed by atoms with E-state index in [1.165, 1.54) is 23.5 Å². The second kappa shape index (κ2) is 9.82. The quantitative estimate of drug-likeness (QED) is 0.538. The van der Waals surface area contributed by atoms with Gasteiger partial charge >= 0.3 is 6.18 Å². The molecule has 0 fully saturated rings. The summed E-state index contributed by atoms with van der Waals surface area (Å²) in [4.78, 5) is 16.7. The first-order valence-corrected chi connectivity index (χ1v) is 10.3. The summed E-state index contributed by atoms with van der Waals surface area (Å²) in [6, 6.07) is 10.4. The van der Waals surface area contributed by atoms with Crippen molar-refractivity contribution in [3.8, 4) is 22.1 Å². The summed E-state index contributed by atoms with van der Waals surface area (Å²) in [6.07, 6.45) is -3.79. The van der Waals surface area contributed by atoms with Crippen LogP contribution in [0.4, 0.5) is 13.2 Å². The minimum atomic E-state index is -4.35. The molecule has 0 bridgehead atoms. The summed E-state index contributed by atoms with van der Waals surface area (Å²) >= 11 is 1.42. The number of thiazole rings is 1. The maximum atomic E-state index is 12.6. The Bertz CT molecular complexity index is 1030. The van der Waals surface area contributed by atoms with Gasteiger partial charge in [0.2, 0.25) is 5.91 Å². The first-order chi connectivity index (χ1) is 14.8. The molecule has 3 rings (SSSR count). The van der Waals surface area contributed by atoms with Crippen LogP contribution in [-0.2, 0) is 23.8 Å². The van der Waals surface area contributed by atoms with Crippen molar-refractivity contribution in [2.75, 3.05) is 20.8 Å². The highest BCUT2D eigenvalue weighted by atomic mass is 32.1. The third-order valence-electron chi connectivity index (χ3n) is 4.54. The third kappa shape index (κ3) is 5.97. The molecule has 0 atom stereocenters. The molecule has 5 nitrogen and oxygen atoms in total. The molecule has 9 heteroatoms. The van der Waals surface area contributed by atoms with Crippen LogP contribution in [-0.4, -0.2) is 31.7 Å². The number of nitrogens with one attached hydrogen (secondary N) is 1. The van der Waals surface area contributed by atoms with Gasteiger partial charge in [0, 0.05) is 17.5 Å². The van der Waals surface area contributed by atoms with Crippen molar-refractivity contribution in [3.63, 3.8) is 0 Å². The molecule has 2 aromatic carbocycles. The number of hydrogen-bond acceptors (Lipinski definition) is 5. The normalized spacial score (nSPS) is 11.3. The highest BCUT2D eigenvalue weighted by molar-refractivity contribution is 7.13. The molecule has 0 spiro atoms. The second-order valence-electron chi connectivity index (χ2n) is 6.69. The van der Waals surface area contributed by atoms with Crippen molar-refractivity contribution in [1.82, 2.24) is 10.3 Å². The van der Waals surface area contributed by atoms with Gasteiger partial charge in [-0.25, -0.2) is 4.98 Å². The van der Waals surface area contributed by atoms with Crippen LogP contribution in [0.5, 0.6) is 11.5 Å². The van der Waals surface area contributed by atoms with Crippen LogP contribution < -0.4 is 14.8 Å². The van der Waals surface area contributed by atoms with Crippen LogP contribution in [0.15, 0.2) is 47.8 Å². The van der Waals surface area contributed by atoms with E-state index in [1.807, 2.05) is 17.5 Å². The maximum absolute atomic E-state index is 12.6. The average Bonchev–Trinajstić information content (AvgIpc) is 3.21. The zero-order valence-corrected chi connectivity index (χ0v) is 17.8. The fourth-order valence-corrected chi connectivity index (χ4v) is 3.74. The monoisotopic (exact) mass is 450 g/mol. The Kier molecular flexibility index (Phi) is 7.17. The highest BCUT2D eigenvalue weighted by Crippen LogP contribution is 2.33. The van der Waals surface area contributed by atoms with E-state index in [-0.39, 0.29) is 12.3 Å². The van der Waals surface area contributed by atoms with Gasteiger partial charge in [-0.05, 0) is 42.3 Å². The van der Waals surface area contributed by atoms with Crippen LogP contribution >= 0.6 is 11.3 Å². The molecule has 1 aromatic heterocycles. The predicted octanol–water partition coefficient (Wildman–Crippen LogP) is 4.75. The molecule has 3 aromatic rings. The molecule has 0 aliphatic heterocycles. The van der Waals surface area contributed by atoms with Gasteiger partial charge in [-0.2, -0.15) is 13.2 Å². The Morgan fingerprint density at radius 3 is 2.42 bits per heavy atom. The van der Waals surface area contributed by atoms with E-state index in [2.05, 4.69) is 10.3 Å². The van der Waals surface area contributed by atoms with E-state index in [9.17, 15) is 18.0 Å². The number of benzene rings is 2. The molecule has 1 N–H and O–H groups in total. The van der Waals surface area contributed by atoms with Crippen molar-refractivity contribution < 1.29 is 27.4 Å². The molecule has 1 heterocycles. The number of rotatable bonds is 8. The largest absolute Gasteiger partial charge is 0.493 e. The third-order valence-corrected chi connectivity index (χ3v) is 5.48. The molecular formula is C22H21F3N2O3S. The van der Waals surface area contributed by atoms with Crippen molar-refractivity contribution >= 4 is 17.2 Å². The summed E-state index contributed by atoms with van der Waals surface area (Å²) < 4.78 is 48.3. The molecule has 0 unspecified atom stereocenters. The number of aromatic nitrogens is 1. The van der Waals surface area contributed by atoms with Crippen LogP contribution in [0.25, 0.3) is 10.6 Å². The van der Waals surface area contributed by atoms with E-state index >= 15 is 0 Å². The van der Waals surface area contributed by atoms with E-state index in [0.29, 0.717) is 30.2 Å². The summed E-state index contributed by atoms with van der Waals surface area (Å²) in [5.74, 6) is 1.02. The van der Waals surface area contributed by atoms with E-state index in [4.69, 9.17) is 9.47 Å². The van der Waals surface area contributed by atoms with Crippen LogP contribution in [0.2, 0.25) is 0 Å². The number of ether oxygens (including phenoxy) is 2. The first-order valence-electron chi connectivity index (χ1n) is 9.40. The van der Waals surface area contributed by atoms with Crippen LogP contribution in [0.3, 0.4) is 0 Å². The van der Waals surface area contributed by atoms with Crippen molar-refractivity contribution in [2.24, 2.45) is 0 Å². The maximum Gasteiger partial charge on any atom is 0.416 e. The number of carbonyl (C=O) groups excluding carboxylic acids is 1. The lowest BCUT2D eigenvalue weighted by Gasteiger charge is -2.08. The Morgan fingerprint density at radius 2 is 1.77 bits per heavy atom. The lowest BCUT2D eigenvalue weighted by Crippen LogP contribution is -2.27. The number of carbonyl (C=O) groups is 1. The average molecular weight is 450 g/mol. The summed E-state index contributed by atoms with van der Waals surface area (Å²) in [5, 5.41) is 5.35. The number of hydrogen-bond donors (Lipinski definition) is 1. The molecule has 1 amide bonds. The van der Waals surface area contributed by atoms with E-state index < -0.39 is 11.7 Å². The lowest BCUT2D eigenvalue weighted by atomic mass is 10.1. The number of nitrogens with zero attached hydrogens (tertiary/aromatic N) is 1. The minimum Gasteiger partial charge on any atom is -0.493 e. The highest BCUT2D eigenvalue weighted by Gasteiger charge is 2.29. The Labute approximate surface area is 181 Å². The molecular weight excluding hydrogens is 429 g/mol. The fourth-order valence-electron chi connectivity index (χ4n) is 2.92. The number of amides is 1. The Balaban J connectivity index is 1.52. The molecule has 31 heavy (non-hydrogen) atoms.